The fraction of sp³-hybridized carbons (Fsp3) is 0.318. The van der Waals surface area contributed by atoms with Crippen molar-refractivity contribution in [1.82, 2.24) is 15.1 Å². The molecule has 5 heteroatoms. The van der Waals surface area contributed by atoms with Gasteiger partial charge in [-0.2, -0.15) is 5.26 Å². The molecule has 2 aromatic carbocycles. The van der Waals surface area contributed by atoms with Crippen molar-refractivity contribution in [3.8, 4) is 23.1 Å². The molecule has 2 heterocycles. The van der Waals surface area contributed by atoms with Crippen LogP contribution in [0.5, 0.6) is 5.75 Å². The molecular weight excluding hydrogens is 336 g/mol. The molecule has 136 valence electrons. The minimum atomic E-state index is 0.0517. The molecular formula is C22H22N4O. The third-order valence-corrected chi connectivity index (χ3v) is 5.52. The van der Waals surface area contributed by atoms with Crippen LogP contribution in [0, 0.1) is 18.3 Å². The molecule has 0 unspecified atom stereocenters. The molecule has 1 fully saturated rings. The van der Waals surface area contributed by atoms with Gasteiger partial charge < -0.3 is 10.0 Å². The molecule has 3 aromatic rings. The van der Waals surface area contributed by atoms with Gasteiger partial charge in [0.25, 0.3) is 0 Å². The number of nitrogens with zero attached hydrogens (tertiary/aromatic N) is 4. The van der Waals surface area contributed by atoms with Crippen LogP contribution in [0.15, 0.2) is 36.4 Å². The van der Waals surface area contributed by atoms with Crippen molar-refractivity contribution in [3.05, 3.63) is 53.1 Å². The SMILES string of the molecule is Cc1c(-c2ccc(C#N)cc2O)nnc2c([C@H]3CCCN(C)C3)cccc12. The number of likely N-dealkylation sites (N-methyl/N-ethyl adjacent to an activating group) is 1. The van der Waals surface area contributed by atoms with E-state index in [2.05, 4.69) is 40.3 Å². The van der Waals surface area contributed by atoms with Gasteiger partial charge in [0.15, 0.2) is 0 Å². The molecule has 1 saturated heterocycles. The van der Waals surface area contributed by atoms with Gasteiger partial charge in [0.2, 0.25) is 0 Å². The largest absolute Gasteiger partial charge is 0.507 e. The highest BCUT2D eigenvalue weighted by Gasteiger charge is 2.22. The van der Waals surface area contributed by atoms with Gasteiger partial charge in [-0.05, 0) is 68.6 Å². The Morgan fingerprint density at radius 3 is 2.81 bits per heavy atom. The van der Waals surface area contributed by atoms with Crippen molar-refractivity contribution in [3.63, 3.8) is 0 Å². The third kappa shape index (κ3) is 3.13. The summed E-state index contributed by atoms with van der Waals surface area (Å²) in [5.74, 6) is 0.520. The number of piperidine rings is 1. The highest BCUT2D eigenvalue weighted by molar-refractivity contribution is 5.89. The Labute approximate surface area is 158 Å². The van der Waals surface area contributed by atoms with E-state index in [-0.39, 0.29) is 5.75 Å². The number of rotatable bonds is 2. The molecule has 0 saturated carbocycles. The lowest BCUT2D eigenvalue weighted by atomic mass is 9.88. The van der Waals surface area contributed by atoms with E-state index in [1.807, 2.05) is 13.0 Å². The first kappa shape index (κ1) is 17.4. The number of phenolic OH excluding ortho intramolecular Hbond substituents is 1. The zero-order chi connectivity index (χ0) is 19.0. The second kappa shape index (κ2) is 6.98. The summed E-state index contributed by atoms with van der Waals surface area (Å²) in [5, 5.41) is 29.4. The Morgan fingerprint density at radius 1 is 1.22 bits per heavy atom. The van der Waals surface area contributed by atoms with E-state index in [0.29, 0.717) is 22.7 Å². The molecule has 1 aromatic heterocycles. The fourth-order valence-corrected chi connectivity index (χ4v) is 4.09. The summed E-state index contributed by atoms with van der Waals surface area (Å²) < 4.78 is 0. The zero-order valence-electron chi connectivity index (χ0n) is 15.6. The highest BCUT2D eigenvalue weighted by Crippen LogP contribution is 2.36. The van der Waals surface area contributed by atoms with Crippen molar-refractivity contribution < 1.29 is 5.11 Å². The highest BCUT2D eigenvalue weighted by atomic mass is 16.3. The van der Waals surface area contributed by atoms with Gasteiger partial charge in [-0.1, -0.05) is 18.2 Å². The molecule has 0 radical (unpaired) electrons. The fourth-order valence-electron chi connectivity index (χ4n) is 4.09. The van der Waals surface area contributed by atoms with E-state index in [9.17, 15) is 5.11 Å². The van der Waals surface area contributed by atoms with Crippen molar-refractivity contribution >= 4 is 10.9 Å². The monoisotopic (exact) mass is 358 g/mol. The van der Waals surface area contributed by atoms with Gasteiger partial charge in [-0.15, -0.1) is 10.2 Å². The van der Waals surface area contributed by atoms with Crippen LogP contribution in [-0.4, -0.2) is 40.3 Å². The number of aromatic nitrogens is 2. The van der Waals surface area contributed by atoms with Gasteiger partial charge in [0.1, 0.15) is 11.4 Å². The van der Waals surface area contributed by atoms with Crippen LogP contribution < -0.4 is 0 Å². The van der Waals surface area contributed by atoms with Gasteiger partial charge in [0.05, 0.1) is 17.1 Å². The molecule has 0 amide bonds. The molecule has 27 heavy (non-hydrogen) atoms. The van der Waals surface area contributed by atoms with Gasteiger partial charge in [0, 0.05) is 17.5 Å². The Bertz CT molecular complexity index is 1050. The number of aromatic hydroxyl groups is 1. The minimum Gasteiger partial charge on any atom is -0.507 e. The minimum absolute atomic E-state index is 0.0517. The van der Waals surface area contributed by atoms with Crippen molar-refractivity contribution in [2.45, 2.75) is 25.7 Å². The van der Waals surface area contributed by atoms with Crippen LogP contribution in [0.2, 0.25) is 0 Å². The van der Waals surface area contributed by atoms with E-state index in [4.69, 9.17) is 5.26 Å². The smallest absolute Gasteiger partial charge is 0.126 e. The van der Waals surface area contributed by atoms with Crippen LogP contribution >= 0.6 is 0 Å². The van der Waals surface area contributed by atoms with E-state index >= 15 is 0 Å². The number of hydrogen-bond acceptors (Lipinski definition) is 5. The summed E-state index contributed by atoms with van der Waals surface area (Å²) in [5.41, 5.74) is 4.88. The lowest BCUT2D eigenvalue weighted by molar-refractivity contribution is 0.251. The number of phenols is 1. The molecule has 1 aliphatic rings. The second-order valence-corrected chi connectivity index (χ2v) is 7.36. The van der Waals surface area contributed by atoms with Gasteiger partial charge in [-0.3, -0.25) is 0 Å². The zero-order valence-corrected chi connectivity index (χ0v) is 15.6. The summed E-state index contributed by atoms with van der Waals surface area (Å²) in [7, 11) is 2.17. The van der Waals surface area contributed by atoms with E-state index in [0.717, 1.165) is 29.6 Å². The molecule has 1 atom stereocenters. The van der Waals surface area contributed by atoms with E-state index < -0.39 is 0 Å². The number of fused-ring (bicyclic) bond motifs is 1. The predicted molar refractivity (Wildman–Crippen MR) is 106 cm³/mol. The lowest BCUT2D eigenvalue weighted by Crippen LogP contribution is -2.31. The summed E-state index contributed by atoms with van der Waals surface area (Å²) in [6, 6.07) is 13.2. The molecule has 1 aliphatic heterocycles. The van der Waals surface area contributed by atoms with Crippen molar-refractivity contribution in [1.29, 1.82) is 5.26 Å². The number of benzene rings is 2. The number of aryl methyl sites for hydroxylation is 1. The third-order valence-electron chi connectivity index (χ3n) is 5.52. The maximum atomic E-state index is 10.3. The van der Waals surface area contributed by atoms with E-state index in [1.165, 1.54) is 24.5 Å². The summed E-state index contributed by atoms with van der Waals surface area (Å²) in [4.78, 5) is 2.37. The Balaban J connectivity index is 1.83. The maximum Gasteiger partial charge on any atom is 0.126 e. The number of likely N-dealkylation sites (tertiary alicyclic amines) is 1. The molecule has 5 nitrogen and oxygen atoms in total. The maximum absolute atomic E-state index is 10.3. The van der Waals surface area contributed by atoms with Crippen LogP contribution in [0.3, 0.4) is 0 Å². The summed E-state index contributed by atoms with van der Waals surface area (Å²) in [6.45, 7) is 4.20. The van der Waals surface area contributed by atoms with Crippen molar-refractivity contribution in [2.24, 2.45) is 0 Å². The topological polar surface area (TPSA) is 73.0 Å². The van der Waals surface area contributed by atoms with Crippen LogP contribution in [0.25, 0.3) is 22.2 Å². The Kier molecular flexibility index (Phi) is 4.51. The molecule has 4 rings (SSSR count). The van der Waals surface area contributed by atoms with E-state index in [1.54, 1.807) is 12.1 Å². The van der Waals surface area contributed by atoms with Crippen LogP contribution in [0.4, 0.5) is 0 Å². The second-order valence-electron chi connectivity index (χ2n) is 7.36. The lowest BCUT2D eigenvalue weighted by Gasteiger charge is -2.30. The summed E-state index contributed by atoms with van der Waals surface area (Å²) >= 11 is 0. The van der Waals surface area contributed by atoms with Crippen molar-refractivity contribution in [2.75, 3.05) is 20.1 Å². The van der Waals surface area contributed by atoms with Crippen LogP contribution in [-0.2, 0) is 0 Å². The average molecular weight is 358 g/mol. The molecule has 0 aliphatic carbocycles. The number of hydrogen-bond donors (Lipinski definition) is 1. The first-order valence-electron chi connectivity index (χ1n) is 9.26. The predicted octanol–water partition coefficient (Wildman–Crippen LogP) is 3.99. The molecule has 1 N–H and O–H groups in total. The Morgan fingerprint density at radius 2 is 2.07 bits per heavy atom. The first-order chi connectivity index (χ1) is 13.1. The number of nitriles is 1. The summed E-state index contributed by atoms with van der Waals surface area (Å²) in [6.07, 6.45) is 2.36. The van der Waals surface area contributed by atoms with Crippen LogP contribution in [0.1, 0.15) is 35.4 Å². The molecule has 0 bridgehead atoms. The Hall–Kier alpha value is -2.97. The first-order valence-corrected chi connectivity index (χ1v) is 9.26. The van der Waals surface area contributed by atoms with Gasteiger partial charge in [-0.25, -0.2) is 0 Å². The standard InChI is InChI=1S/C22H22N4O/c1-14-17-6-3-7-18(16-5-4-10-26(2)13-16)22(17)25-24-21(14)19-9-8-15(12-23)11-20(19)27/h3,6-9,11,16,27H,4-5,10,13H2,1-2H3/t16-/m0/s1. The quantitative estimate of drug-likeness (QED) is 0.750. The normalized spacial score (nSPS) is 17.7. The average Bonchev–Trinajstić information content (AvgIpc) is 2.68. The molecule has 0 spiro atoms. The van der Waals surface area contributed by atoms with Gasteiger partial charge >= 0.3 is 0 Å².